The van der Waals surface area contributed by atoms with E-state index in [9.17, 15) is 4.79 Å². The molecule has 0 unspecified atom stereocenters. The molecular weight excluding hydrogens is 284 g/mol. The van der Waals surface area contributed by atoms with Gasteiger partial charge in [0.1, 0.15) is 0 Å². The molecule has 0 saturated carbocycles. The van der Waals surface area contributed by atoms with Crippen molar-refractivity contribution in [3.63, 3.8) is 0 Å². The van der Waals surface area contributed by atoms with Gasteiger partial charge in [-0.2, -0.15) is 0 Å². The molecule has 6 nitrogen and oxygen atoms in total. The first-order valence-electron chi connectivity index (χ1n) is 7.46. The molecule has 0 amide bonds. The number of ether oxygens (including phenoxy) is 3. The molecular formula is C16H24N2O4. The minimum atomic E-state index is 0.0522. The molecule has 22 heavy (non-hydrogen) atoms. The van der Waals surface area contributed by atoms with Crippen LogP contribution in [-0.4, -0.2) is 64.7 Å². The van der Waals surface area contributed by atoms with Crippen LogP contribution in [-0.2, 0) is 0 Å². The van der Waals surface area contributed by atoms with Crippen LogP contribution >= 0.6 is 0 Å². The quantitative estimate of drug-likeness (QED) is 0.764. The molecule has 1 N–H and O–H groups in total. The monoisotopic (exact) mass is 308 g/mol. The minimum absolute atomic E-state index is 0.0522. The van der Waals surface area contributed by atoms with E-state index in [1.807, 2.05) is 0 Å². The fraction of sp³-hybridized carbons (Fsp3) is 0.562. The lowest BCUT2D eigenvalue weighted by atomic mass is 10.1. The van der Waals surface area contributed by atoms with E-state index in [-0.39, 0.29) is 5.78 Å². The van der Waals surface area contributed by atoms with Gasteiger partial charge in [0, 0.05) is 39.1 Å². The van der Waals surface area contributed by atoms with Crippen molar-refractivity contribution in [1.29, 1.82) is 0 Å². The summed E-state index contributed by atoms with van der Waals surface area (Å²) in [5, 5.41) is 3.30. The third-order valence-corrected chi connectivity index (χ3v) is 3.87. The Bertz CT molecular complexity index is 513. The SMILES string of the molecule is COc1ccc(C(=O)CCN2CCNCC2)c(OC)c1OC. The van der Waals surface area contributed by atoms with Gasteiger partial charge in [-0.15, -0.1) is 0 Å². The van der Waals surface area contributed by atoms with Crippen LogP contribution in [0.3, 0.4) is 0 Å². The summed E-state index contributed by atoms with van der Waals surface area (Å²) in [6, 6.07) is 3.47. The molecule has 1 aromatic carbocycles. The van der Waals surface area contributed by atoms with E-state index >= 15 is 0 Å². The summed E-state index contributed by atoms with van der Waals surface area (Å²) in [5.74, 6) is 1.50. The highest BCUT2D eigenvalue weighted by Crippen LogP contribution is 2.40. The van der Waals surface area contributed by atoms with Crippen LogP contribution in [0, 0.1) is 0 Å². The standard InChI is InChI=1S/C16H24N2O4/c1-20-14-5-4-12(15(21-2)16(14)22-3)13(19)6-9-18-10-7-17-8-11-18/h4-5,17H,6-11H2,1-3H3. The lowest BCUT2D eigenvalue weighted by Gasteiger charge is -2.26. The normalized spacial score (nSPS) is 15.4. The van der Waals surface area contributed by atoms with E-state index in [2.05, 4.69) is 10.2 Å². The Morgan fingerprint density at radius 2 is 1.77 bits per heavy atom. The molecule has 1 heterocycles. The lowest BCUT2D eigenvalue weighted by Crippen LogP contribution is -2.44. The number of ketones is 1. The Labute approximate surface area is 131 Å². The topological polar surface area (TPSA) is 60.0 Å². The second kappa shape index (κ2) is 8.00. The Hall–Kier alpha value is -1.79. The van der Waals surface area contributed by atoms with Crippen molar-refractivity contribution in [1.82, 2.24) is 10.2 Å². The van der Waals surface area contributed by atoms with Gasteiger partial charge >= 0.3 is 0 Å². The van der Waals surface area contributed by atoms with E-state index in [0.29, 0.717) is 29.2 Å². The second-order valence-corrected chi connectivity index (χ2v) is 5.15. The molecule has 0 atom stereocenters. The summed E-state index contributed by atoms with van der Waals surface area (Å²) >= 11 is 0. The summed E-state index contributed by atoms with van der Waals surface area (Å²) in [5.41, 5.74) is 0.537. The Morgan fingerprint density at radius 3 is 2.36 bits per heavy atom. The van der Waals surface area contributed by atoms with Gasteiger partial charge in [0.25, 0.3) is 0 Å². The minimum Gasteiger partial charge on any atom is -0.493 e. The molecule has 1 aromatic rings. The van der Waals surface area contributed by atoms with Crippen LogP contribution < -0.4 is 19.5 Å². The van der Waals surface area contributed by atoms with E-state index in [0.717, 1.165) is 32.7 Å². The van der Waals surface area contributed by atoms with Crippen molar-refractivity contribution in [3.05, 3.63) is 17.7 Å². The van der Waals surface area contributed by atoms with Crippen LogP contribution in [0.4, 0.5) is 0 Å². The van der Waals surface area contributed by atoms with Gasteiger partial charge in [0.15, 0.2) is 17.3 Å². The van der Waals surface area contributed by atoms with Crippen LogP contribution in [0.5, 0.6) is 17.2 Å². The first-order chi connectivity index (χ1) is 10.7. The van der Waals surface area contributed by atoms with Gasteiger partial charge < -0.3 is 24.4 Å². The van der Waals surface area contributed by atoms with Gasteiger partial charge in [-0.25, -0.2) is 0 Å². The maximum atomic E-state index is 12.5. The predicted molar refractivity (Wildman–Crippen MR) is 84.4 cm³/mol. The first-order valence-corrected chi connectivity index (χ1v) is 7.46. The molecule has 0 aromatic heterocycles. The first kappa shape index (κ1) is 16.6. The zero-order valence-corrected chi connectivity index (χ0v) is 13.5. The van der Waals surface area contributed by atoms with Crippen molar-refractivity contribution in [2.45, 2.75) is 6.42 Å². The van der Waals surface area contributed by atoms with Crippen LogP contribution in [0.1, 0.15) is 16.8 Å². The highest BCUT2D eigenvalue weighted by molar-refractivity contribution is 6.00. The number of carbonyl (C=O) groups excluding carboxylic acids is 1. The Kier molecular flexibility index (Phi) is 6.03. The molecule has 122 valence electrons. The molecule has 0 radical (unpaired) electrons. The third kappa shape index (κ3) is 3.69. The summed E-state index contributed by atoms with van der Waals surface area (Å²) in [4.78, 5) is 14.8. The molecule has 0 aliphatic carbocycles. The van der Waals surface area contributed by atoms with Crippen LogP contribution in [0.15, 0.2) is 12.1 Å². The molecule has 6 heteroatoms. The maximum absolute atomic E-state index is 12.5. The van der Waals surface area contributed by atoms with Crippen molar-refractivity contribution in [2.24, 2.45) is 0 Å². The van der Waals surface area contributed by atoms with Gasteiger partial charge in [-0.05, 0) is 12.1 Å². The fourth-order valence-electron chi connectivity index (χ4n) is 2.65. The third-order valence-electron chi connectivity index (χ3n) is 3.87. The number of methoxy groups -OCH3 is 3. The number of rotatable bonds is 7. The Balaban J connectivity index is 2.11. The average Bonchev–Trinajstić information content (AvgIpc) is 2.58. The number of nitrogens with zero attached hydrogens (tertiary/aromatic N) is 1. The van der Waals surface area contributed by atoms with Crippen molar-refractivity contribution in [3.8, 4) is 17.2 Å². The molecule has 0 spiro atoms. The number of Topliss-reactive ketones (excluding diaryl/α,β-unsaturated/α-hetero) is 1. The fourth-order valence-corrected chi connectivity index (χ4v) is 2.65. The van der Waals surface area contributed by atoms with E-state index in [1.165, 1.54) is 14.2 Å². The second-order valence-electron chi connectivity index (χ2n) is 5.15. The maximum Gasteiger partial charge on any atom is 0.204 e. The largest absolute Gasteiger partial charge is 0.493 e. The van der Waals surface area contributed by atoms with Gasteiger partial charge in [0.2, 0.25) is 5.75 Å². The number of piperazine rings is 1. The zero-order chi connectivity index (χ0) is 15.9. The van der Waals surface area contributed by atoms with Crippen LogP contribution in [0.2, 0.25) is 0 Å². The summed E-state index contributed by atoms with van der Waals surface area (Å²) < 4.78 is 15.9. The average molecular weight is 308 g/mol. The highest BCUT2D eigenvalue weighted by Gasteiger charge is 2.21. The molecule has 0 bridgehead atoms. The molecule has 1 saturated heterocycles. The summed E-state index contributed by atoms with van der Waals surface area (Å²) in [6.45, 7) is 4.69. The lowest BCUT2D eigenvalue weighted by molar-refractivity contribution is 0.0957. The highest BCUT2D eigenvalue weighted by atomic mass is 16.5. The zero-order valence-electron chi connectivity index (χ0n) is 13.5. The van der Waals surface area contributed by atoms with E-state index in [4.69, 9.17) is 14.2 Å². The molecule has 1 aliphatic heterocycles. The van der Waals surface area contributed by atoms with Gasteiger partial charge in [0.05, 0.1) is 26.9 Å². The number of carbonyl (C=O) groups is 1. The number of nitrogens with one attached hydrogen (secondary N) is 1. The number of hydrogen-bond donors (Lipinski definition) is 1. The predicted octanol–water partition coefficient (Wildman–Crippen LogP) is 1.19. The van der Waals surface area contributed by atoms with Gasteiger partial charge in [-0.3, -0.25) is 4.79 Å². The van der Waals surface area contributed by atoms with Crippen LogP contribution in [0.25, 0.3) is 0 Å². The smallest absolute Gasteiger partial charge is 0.204 e. The van der Waals surface area contributed by atoms with Crippen molar-refractivity contribution >= 4 is 5.78 Å². The number of benzene rings is 1. The molecule has 2 rings (SSSR count). The molecule has 1 fully saturated rings. The van der Waals surface area contributed by atoms with Gasteiger partial charge in [-0.1, -0.05) is 0 Å². The van der Waals surface area contributed by atoms with E-state index < -0.39 is 0 Å². The van der Waals surface area contributed by atoms with E-state index in [1.54, 1.807) is 19.2 Å². The Morgan fingerprint density at radius 1 is 1.09 bits per heavy atom. The summed E-state index contributed by atoms with van der Waals surface area (Å²) in [6.07, 6.45) is 0.464. The summed E-state index contributed by atoms with van der Waals surface area (Å²) in [7, 11) is 4.63. The molecule has 1 aliphatic rings. The van der Waals surface area contributed by atoms with Crippen molar-refractivity contribution in [2.75, 3.05) is 54.1 Å². The number of hydrogen-bond acceptors (Lipinski definition) is 6. The van der Waals surface area contributed by atoms with Crippen molar-refractivity contribution < 1.29 is 19.0 Å².